The van der Waals surface area contributed by atoms with Crippen LogP contribution in [0.1, 0.15) is 20.3 Å². The van der Waals surface area contributed by atoms with Gasteiger partial charge in [-0.3, -0.25) is 0 Å². The maximum atomic E-state index is 5.59. The second kappa shape index (κ2) is 4.87. The van der Waals surface area contributed by atoms with Crippen molar-refractivity contribution in [3.63, 3.8) is 0 Å². The maximum Gasteiger partial charge on any atom is 0.203 e. The van der Waals surface area contributed by atoms with E-state index in [4.69, 9.17) is 5.73 Å². The fraction of sp³-hybridized carbons (Fsp3) is 0.667. The van der Waals surface area contributed by atoms with Gasteiger partial charge in [-0.2, -0.15) is 0 Å². The van der Waals surface area contributed by atoms with Crippen LogP contribution in [0.2, 0.25) is 0 Å². The van der Waals surface area contributed by atoms with Gasteiger partial charge in [-0.05, 0) is 13.3 Å². The number of aromatic nitrogens is 2. The predicted molar refractivity (Wildman–Crippen MR) is 54.7 cm³/mol. The first-order valence-corrected chi connectivity index (χ1v) is 4.79. The Bertz CT molecular complexity index is 240. The molecule has 0 bridgehead atoms. The first-order chi connectivity index (χ1) is 6.31. The summed E-state index contributed by atoms with van der Waals surface area (Å²) in [6, 6.07) is 0.327. The van der Waals surface area contributed by atoms with Crippen LogP contribution in [-0.4, -0.2) is 22.1 Å². The third-order valence-electron chi connectivity index (χ3n) is 2.17. The molecule has 0 aliphatic rings. The number of aryl methyl sites for hydroxylation is 1. The van der Waals surface area contributed by atoms with Gasteiger partial charge in [-0.15, -0.1) is 0 Å². The normalized spacial score (nSPS) is 12.8. The molecule has 13 heavy (non-hydrogen) atoms. The Hall–Kier alpha value is -1.03. The zero-order valence-corrected chi connectivity index (χ0v) is 8.33. The van der Waals surface area contributed by atoms with Crippen molar-refractivity contribution < 1.29 is 0 Å². The first-order valence-electron chi connectivity index (χ1n) is 4.79. The van der Waals surface area contributed by atoms with Crippen molar-refractivity contribution in [3.05, 3.63) is 12.4 Å². The molecule has 1 unspecified atom stereocenters. The minimum Gasteiger partial charge on any atom is -0.352 e. The summed E-state index contributed by atoms with van der Waals surface area (Å²) in [5.74, 6) is 0.916. The van der Waals surface area contributed by atoms with E-state index in [0.717, 1.165) is 18.9 Å². The molecule has 3 N–H and O–H groups in total. The number of anilines is 1. The molecule has 0 fully saturated rings. The topological polar surface area (TPSA) is 55.9 Å². The molecule has 4 heteroatoms. The highest BCUT2D eigenvalue weighted by atomic mass is 15.2. The van der Waals surface area contributed by atoms with E-state index in [2.05, 4.69) is 28.7 Å². The van der Waals surface area contributed by atoms with E-state index in [1.54, 1.807) is 6.20 Å². The van der Waals surface area contributed by atoms with Gasteiger partial charge in [0.25, 0.3) is 0 Å². The van der Waals surface area contributed by atoms with Gasteiger partial charge in [-0.25, -0.2) is 4.98 Å². The molecule has 1 atom stereocenters. The number of hydrogen-bond acceptors (Lipinski definition) is 3. The van der Waals surface area contributed by atoms with E-state index >= 15 is 0 Å². The fourth-order valence-corrected chi connectivity index (χ4v) is 1.21. The molecule has 0 saturated heterocycles. The molecule has 0 saturated carbocycles. The highest BCUT2D eigenvalue weighted by Crippen LogP contribution is 2.06. The van der Waals surface area contributed by atoms with Gasteiger partial charge in [0.2, 0.25) is 5.95 Å². The number of hydrogen-bond donors (Lipinski definition) is 2. The standard InChI is InChI=1S/C9H18N4/c1-3-8(7-10)12-9-11-5-6-13(9)4-2/h5-6,8H,3-4,7,10H2,1-2H3,(H,11,12). The molecule has 1 aromatic heterocycles. The van der Waals surface area contributed by atoms with Crippen LogP contribution in [0.4, 0.5) is 5.95 Å². The molecular formula is C9H18N4. The van der Waals surface area contributed by atoms with Crippen LogP contribution in [0.25, 0.3) is 0 Å². The Morgan fingerprint density at radius 1 is 1.62 bits per heavy atom. The maximum absolute atomic E-state index is 5.59. The second-order valence-corrected chi connectivity index (χ2v) is 3.02. The van der Waals surface area contributed by atoms with Gasteiger partial charge in [0.1, 0.15) is 0 Å². The van der Waals surface area contributed by atoms with Crippen LogP contribution in [0.3, 0.4) is 0 Å². The Morgan fingerprint density at radius 3 is 2.92 bits per heavy atom. The van der Waals surface area contributed by atoms with Gasteiger partial charge >= 0.3 is 0 Å². The van der Waals surface area contributed by atoms with Crippen molar-refractivity contribution in [3.8, 4) is 0 Å². The average Bonchev–Trinajstić information content (AvgIpc) is 2.61. The van der Waals surface area contributed by atoms with E-state index < -0.39 is 0 Å². The largest absolute Gasteiger partial charge is 0.352 e. The van der Waals surface area contributed by atoms with Gasteiger partial charge < -0.3 is 15.6 Å². The monoisotopic (exact) mass is 182 g/mol. The van der Waals surface area contributed by atoms with Crippen molar-refractivity contribution in [2.45, 2.75) is 32.9 Å². The zero-order chi connectivity index (χ0) is 9.68. The Morgan fingerprint density at radius 2 is 2.38 bits per heavy atom. The molecule has 74 valence electrons. The summed E-state index contributed by atoms with van der Waals surface area (Å²) < 4.78 is 2.07. The molecule has 1 heterocycles. The lowest BCUT2D eigenvalue weighted by Crippen LogP contribution is -2.29. The smallest absolute Gasteiger partial charge is 0.203 e. The average molecular weight is 182 g/mol. The van der Waals surface area contributed by atoms with E-state index in [1.807, 2.05) is 6.20 Å². The van der Waals surface area contributed by atoms with Crippen molar-refractivity contribution in [2.75, 3.05) is 11.9 Å². The van der Waals surface area contributed by atoms with Crippen molar-refractivity contribution in [2.24, 2.45) is 5.73 Å². The summed E-state index contributed by atoms with van der Waals surface area (Å²) in [5.41, 5.74) is 5.59. The van der Waals surface area contributed by atoms with Gasteiger partial charge in [0, 0.05) is 31.5 Å². The summed E-state index contributed by atoms with van der Waals surface area (Å²) >= 11 is 0. The quantitative estimate of drug-likeness (QED) is 0.715. The summed E-state index contributed by atoms with van der Waals surface area (Å²) in [4.78, 5) is 4.22. The molecule has 1 rings (SSSR count). The zero-order valence-electron chi connectivity index (χ0n) is 8.33. The van der Waals surface area contributed by atoms with Crippen LogP contribution in [0.15, 0.2) is 12.4 Å². The highest BCUT2D eigenvalue weighted by molar-refractivity contribution is 5.27. The van der Waals surface area contributed by atoms with Crippen LogP contribution >= 0.6 is 0 Å². The van der Waals surface area contributed by atoms with Crippen molar-refractivity contribution in [1.82, 2.24) is 9.55 Å². The Kier molecular flexibility index (Phi) is 3.76. The predicted octanol–water partition coefficient (Wildman–Crippen LogP) is 1.05. The van der Waals surface area contributed by atoms with Gasteiger partial charge in [0.15, 0.2) is 0 Å². The van der Waals surface area contributed by atoms with Crippen molar-refractivity contribution in [1.29, 1.82) is 0 Å². The van der Waals surface area contributed by atoms with Crippen LogP contribution in [0, 0.1) is 0 Å². The van der Waals surface area contributed by atoms with E-state index in [0.29, 0.717) is 12.6 Å². The Balaban J connectivity index is 2.61. The number of rotatable bonds is 5. The molecule has 0 aliphatic carbocycles. The fourth-order valence-electron chi connectivity index (χ4n) is 1.21. The van der Waals surface area contributed by atoms with Gasteiger partial charge in [0.05, 0.1) is 0 Å². The highest BCUT2D eigenvalue weighted by Gasteiger charge is 2.06. The number of nitrogens with two attached hydrogens (primary N) is 1. The third-order valence-corrected chi connectivity index (χ3v) is 2.17. The van der Waals surface area contributed by atoms with Gasteiger partial charge in [-0.1, -0.05) is 6.92 Å². The van der Waals surface area contributed by atoms with Crippen LogP contribution in [0.5, 0.6) is 0 Å². The van der Waals surface area contributed by atoms with E-state index in [1.165, 1.54) is 0 Å². The third kappa shape index (κ3) is 2.45. The molecule has 4 nitrogen and oxygen atoms in total. The molecule has 1 aromatic rings. The SMILES string of the molecule is CCC(CN)Nc1nccn1CC. The number of imidazole rings is 1. The minimum atomic E-state index is 0.327. The summed E-state index contributed by atoms with van der Waals surface area (Å²) in [7, 11) is 0. The summed E-state index contributed by atoms with van der Waals surface area (Å²) in [6.07, 6.45) is 4.79. The second-order valence-electron chi connectivity index (χ2n) is 3.02. The lowest BCUT2D eigenvalue weighted by atomic mass is 10.2. The molecule has 0 aromatic carbocycles. The van der Waals surface area contributed by atoms with E-state index in [9.17, 15) is 0 Å². The summed E-state index contributed by atoms with van der Waals surface area (Å²) in [6.45, 7) is 5.79. The summed E-state index contributed by atoms with van der Waals surface area (Å²) in [5, 5.41) is 3.30. The Labute approximate surface area is 79.1 Å². The lowest BCUT2D eigenvalue weighted by molar-refractivity contribution is 0.675. The molecule has 0 spiro atoms. The number of nitrogens with zero attached hydrogens (tertiary/aromatic N) is 2. The molecule has 0 amide bonds. The minimum absolute atomic E-state index is 0.327. The number of nitrogens with one attached hydrogen (secondary N) is 1. The lowest BCUT2D eigenvalue weighted by Gasteiger charge is -2.15. The van der Waals surface area contributed by atoms with E-state index in [-0.39, 0.29) is 0 Å². The van der Waals surface area contributed by atoms with Crippen LogP contribution < -0.4 is 11.1 Å². The first kappa shape index (κ1) is 10.1. The van der Waals surface area contributed by atoms with Crippen molar-refractivity contribution >= 4 is 5.95 Å². The van der Waals surface area contributed by atoms with Crippen LogP contribution in [-0.2, 0) is 6.54 Å². The molecular weight excluding hydrogens is 164 g/mol. The molecule has 0 aliphatic heterocycles. The molecule has 0 radical (unpaired) electrons.